The average Bonchev–Trinajstić information content (AvgIpc) is 2.45. The first-order valence-electron chi connectivity index (χ1n) is 7.92. The molecule has 7 heteroatoms. The van der Waals surface area contributed by atoms with Gasteiger partial charge in [0, 0.05) is 25.7 Å². The van der Waals surface area contributed by atoms with Gasteiger partial charge in [-0.05, 0) is 25.7 Å². The highest BCUT2D eigenvalue weighted by atomic mass is 32.2. The maximum Gasteiger partial charge on any atom is 0.224 e. The van der Waals surface area contributed by atoms with E-state index in [1.54, 1.807) is 4.31 Å². The number of hydrogen-bond donors (Lipinski definition) is 2. The quantitative estimate of drug-likeness (QED) is 0.688. The second-order valence-electron chi connectivity index (χ2n) is 5.72. The summed E-state index contributed by atoms with van der Waals surface area (Å²) < 4.78 is 25.5. The van der Waals surface area contributed by atoms with E-state index in [-0.39, 0.29) is 23.6 Å². The van der Waals surface area contributed by atoms with E-state index >= 15 is 0 Å². The van der Waals surface area contributed by atoms with Crippen molar-refractivity contribution < 1.29 is 13.2 Å². The third-order valence-electron chi connectivity index (χ3n) is 3.95. The number of nitrogens with zero attached hydrogens (tertiary/aromatic N) is 1. The molecule has 1 fully saturated rings. The molecule has 1 amide bonds. The van der Waals surface area contributed by atoms with Gasteiger partial charge in [0.25, 0.3) is 0 Å². The monoisotopic (exact) mass is 319 g/mol. The number of carbonyl (C=O) groups excluding carboxylic acids is 1. The first kappa shape index (κ1) is 18.4. The first-order valence-corrected chi connectivity index (χ1v) is 9.53. The zero-order valence-corrected chi connectivity index (χ0v) is 14.0. The van der Waals surface area contributed by atoms with Crippen molar-refractivity contribution >= 4 is 15.9 Å². The SMILES string of the molecule is CCCC(CN)C(=O)NC1CCN(S(=O)(=O)CCC)CC1. The molecule has 0 saturated carbocycles. The number of amides is 1. The van der Waals surface area contributed by atoms with Gasteiger partial charge in [0.05, 0.1) is 11.7 Å². The fourth-order valence-corrected chi connectivity index (χ4v) is 4.23. The predicted octanol–water partition coefficient (Wildman–Crippen LogP) is 0.682. The Hall–Kier alpha value is -0.660. The largest absolute Gasteiger partial charge is 0.353 e. The topological polar surface area (TPSA) is 92.5 Å². The molecule has 1 saturated heterocycles. The van der Waals surface area contributed by atoms with Crippen LogP contribution in [0.25, 0.3) is 0 Å². The van der Waals surface area contributed by atoms with Gasteiger partial charge in [0.15, 0.2) is 0 Å². The Labute approximate surface area is 128 Å². The molecule has 3 N–H and O–H groups in total. The van der Waals surface area contributed by atoms with Crippen LogP contribution in [-0.2, 0) is 14.8 Å². The van der Waals surface area contributed by atoms with Gasteiger partial charge in [-0.15, -0.1) is 0 Å². The molecule has 1 aliphatic rings. The Bertz CT molecular complexity index is 417. The van der Waals surface area contributed by atoms with Crippen molar-refractivity contribution in [3.8, 4) is 0 Å². The molecule has 124 valence electrons. The van der Waals surface area contributed by atoms with E-state index in [4.69, 9.17) is 5.73 Å². The summed E-state index contributed by atoms with van der Waals surface area (Å²) in [4.78, 5) is 12.1. The van der Waals surface area contributed by atoms with E-state index in [0.717, 1.165) is 12.8 Å². The molecule has 0 bridgehead atoms. The molecule has 1 atom stereocenters. The summed E-state index contributed by atoms with van der Waals surface area (Å²) >= 11 is 0. The second-order valence-corrected chi connectivity index (χ2v) is 7.81. The van der Waals surface area contributed by atoms with Gasteiger partial charge >= 0.3 is 0 Å². The molecule has 0 aliphatic carbocycles. The van der Waals surface area contributed by atoms with Gasteiger partial charge in [-0.1, -0.05) is 20.3 Å². The highest BCUT2D eigenvalue weighted by Crippen LogP contribution is 2.16. The number of nitrogens with one attached hydrogen (secondary N) is 1. The predicted molar refractivity (Wildman–Crippen MR) is 84.3 cm³/mol. The van der Waals surface area contributed by atoms with Crippen molar-refractivity contribution in [2.24, 2.45) is 11.7 Å². The molecule has 1 heterocycles. The minimum Gasteiger partial charge on any atom is -0.353 e. The summed E-state index contributed by atoms with van der Waals surface area (Å²) in [6.07, 6.45) is 3.72. The van der Waals surface area contributed by atoms with Gasteiger partial charge < -0.3 is 11.1 Å². The van der Waals surface area contributed by atoms with Crippen LogP contribution in [0, 0.1) is 5.92 Å². The van der Waals surface area contributed by atoms with Crippen LogP contribution in [0.5, 0.6) is 0 Å². The van der Waals surface area contributed by atoms with E-state index < -0.39 is 10.0 Å². The standard InChI is InChI=1S/C14H29N3O3S/c1-3-5-12(11-15)14(18)16-13-6-8-17(9-7-13)21(19,20)10-4-2/h12-13H,3-11,15H2,1-2H3,(H,16,18). The molecule has 21 heavy (non-hydrogen) atoms. The maximum absolute atomic E-state index is 12.1. The van der Waals surface area contributed by atoms with E-state index in [9.17, 15) is 13.2 Å². The average molecular weight is 319 g/mol. The summed E-state index contributed by atoms with van der Waals surface area (Å²) in [6.45, 7) is 5.25. The Kier molecular flexibility index (Phi) is 7.62. The molecule has 0 aromatic rings. The zero-order valence-electron chi connectivity index (χ0n) is 13.2. The summed E-state index contributed by atoms with van der Waals surface area (Å²) in [5, 5.41) is 3.02. The number of hydrogen-bond acceptors (Lipinski definition) is 4. The minimum absolute atomic E-state index is 0.00853. The normalized spacial score (nSPS) is 19.4. The Morgan fingerprint density at radius 3 is 2.38 bits per heavy atom. The summed E-state index contributed by atoms with van der Waals surface area (Å²) in [5.41, 5.74) is 5.63. The molecule has 1 unspecified atom stereocenters. The number of carbonyl (C=O) groups is 1. The van der Waals surface area contributed by atoms with Gasteiger partial charge in [-0.3, -0.25) is 4.79 Å². The van der Waals surface area contributed by atoms with Crippen molar-refractivity contribution in [3.05, 3.63) is 0 Å². The highest BCUT2D eigenvalue weighted by molar-refractivity contribution is 7.89. The third-order valence-corrected chi connectivity index (χ3v) is 6.02. The second kappa shape index (κ2) is 8.70. The van der Waals surface area contributed by atoms with Crippen LogP contribution in [0.4, 0.5) is 0 Å². The maximum atomic E-state index is 12.1. The molecule has 0 aromatic carbocycles. The molecule has 1 aliphatic heterocycles. The molecular formula is C14H29N3O3S. The smallest absolute Gasteiger partial charge is 0.224 e. The van der Waals surface area contributed by atoms with Crippen LogP contribution in [0.15, 0.2) is 0 Å². The fourth-order valence-electron chi connectivity index (χ4n) is 2.69. The van der Waals surface area contributed by atoms with Gasteiger partial charge in [-0.25, -0.2) is 12.7 Å². The number of nitrogens with two attached hydrogens (primary N) is 1. The van der Waals surface area contributed by atoms with E-state index in [0.29, 0.717) is 38.9 Å². The van der Waals surface area contributed by atoms with Crippen LogP contribution >= 0.6 is 0 Å². The molecule has 1 rings (SSSR count). The van der Waals surface area contributed by atoms with Crippen molar-refractivity contribution in [3.63, 3.8) is 0 Å². The number of piperidine rings is 1. The van der Waals surface area contributed by atoms with E-state index in [2.05, 4.69) is 5.32 Å². The third kappa shape index (κ3) is 5.56. The lowest BCUT2D eigenvalue weighted by Crippen LogP contribution is -2.48. The highest BCUT2D eigenvalue weighted by Gasteiger charge is 2.28. The lowest BCUT2D eigenvalue weighted by molar-refractivity contribution is -0.125. The van der Waals surface area contributed by atoms with Gasteiger partial charge in [0.2, 0.25) is 15.9 Å². The zero-order chi connectivity index (χ0) is 15.9. The van der Waals surface area contributed by atoms with E-state index in [1.807, 2.05) is 13.8 Å². The van der Waals surface area contributed by atoms with Crippen LogP contribution in [-0.4, -0.2) is 50.1 Å². The first-order chi connectivity index (χ1) is 9.94. The van der Waals surface area contributed by atoms with Crippen molar-refractivity contribution in [2.45, 2.75) is 52.0 Å². The molecular weight excluding hydrogens is 290 g/mol. The Morgan fingerprint density at radius 1 is 1.29 bits per heavy atom. The summed E-state index contributed by atoms with van der Waals surface area (Å²) in [7, 11) is -3.11. The fraction of sp³-hybridized carbons (Fsp3) is 0.929. The lowest BCUT2D eigenvalue weighted by atomic mass is 10.0. The van der Waals surface area contributed by atoms with Crippen molar-refractivity contribution in [2.75, 3.05) is 25.4 Å². The Morgan fingerprint density at radius 2 is 1.90 bits per heavy atom. The van der Waals surface area contributed by atoms with Crippen LogP contribution in [0.1, 0.15) is 46.0 Å². The molecule has 0 radical (unpaired) electrons. The summed E-state index contributed by atoms with van der Waals surface area (Å²) in [5.74, 6) is 0.0848. The number of sulfonamides is 1. The van der Waals surface area contributed by atoms with Gasteiger partial charge in [-0.2, -0.15) is 0 Å². The molecule has 6 nitrogen and oxygen atoms in total. The molecule has 0 aromatic heterocycles. The van der Waals surface area contributed by atoms with Gasteiger partial charge in [0.1, 0.15) is 0 Å². The summed E-state index contributed by atoms with van der Waals surface area (Å²) in [6, 6.07) is 0.0662. The van der Waals surface area contributed by atoms with Crippen LogP contribution in [0.3, 0.4) is 0 Å². The number of rotatable bonds is 8. The van der Waals surface area contributed by atoms with Crippen LogP contribution in [0.2, 0.25) is 0 Å². The minimum atomic E-state index is -3.11. The Balaban J connectivity index is 2.45. The van der Waals surface area contributed by atoms with E-state index in [1.165, 1.54) is 0 Å². The molecule has 0 spiro atoms. The lowest BCUT2D eigenvalue weighted by Gasteiger charge is -2.32. The van der Waals surface area contributed by atoms with Crippen LogP contribution < -0.4 is 11.1 Å². The van der Waals surface area contributed by atoms with Crippen molar-refractivity contribution in [1.29, 1.82) is 0 Å². The van der Waals surface area contributed by atoms with Crippen molar-refractivity contribution in [1.82, 2.24) is 9.62 Å².